The van der Waals surface area contributed by atoms with Gasteiger partial charge in [-0.3, -0.25) is 0 Å². The lowest BCUT2D eigenvalue weighted by molar-refractivity contribution is 0.0523. The molecule has 1 N–H and O–H groups in total. The number of nitrogens with one attached hydrogen (secondary N) is 1. The highest BCUT2D eigenvalue weighted by molar-refractivity contribution is 5.69. The number of benzene rings is 1. The lowest BCUT2D eigenvalue weighted by atomic mass is 10.1. The van der Waals surface area contributed by atoms with Gasteiger partial charge in [0.2, 0.25) is 0 Å². The molecule has 1 aromatic rings. The fourth-order valence-electron chi connectivity index (χ4n) is 1.88. The molecular weight excluding hydrogens is 214 g/mol. The Balaban J connectivity index is 1.83. The molecule has 2 atom stereocenters. The number of ether oxygens (including phenoxy) is 1. The molecule has 17 heavy (non-hydrogen) atoms. The van der Waals surface area contributed by atoms with Crippen LogP contribution in [-0.4, -0.2) is 17.7 Å². The lowest BCUT2D eigenvalue weighted by Crippen LogP contribution is -2.34. The van der Waals surface area contributed by atoms with Crippen LogP contribution in [-0.2, 0) is 4.74 Å². The lowest BCUT2D eigenvalue weighted by Gasteiger charge is -2.19. The summed E-state index contributed by atoms with van der Waals surface area (Å²) in [4.78, 5) is 11.6. The SMILES string of the molecule is CC(C)(C)OC(=O)N[C@@H]1C[C@H]1c1ccccc1. The summed E-state index contributed by atoms with van der Waals surface area (Å²) >= 11 is 0. The van der Waals surface area contributed by atoms with Gasteiger partial charge in [0.1, 0.15) is 5.60 Å². The van der Waals surface area contributed by atoms with E-state index in [0.29, 0.717) is 5.92 Å². The monoisotopic (exact) mass is 233 g/mol. The third-order valence-corrected chi connectivity index (χ3v) is 2.72. The third-order valence-electron chi connectivity index (χ3n) is 2.72. The molecule has 0 aromatic heterocycles. The Morgan fingerprint density at radius 1 is 1.29 bits per heavy atom. The van der Waals surface area contributed by atoms with E-state index in [1.54, 1.807) is 0 Å². The fraction of sp³-hybridized carbons (Fsp3) is 0.500. The minimum atomic E-state index is -0.429. The van der Waals surface area contributed by atoms with Gasteiger partial charge >= 0.3 is 6.09 Å². The maximum Gasteiger partial charge on any atom is 0.407 e. The Bertz CT molecular complexity index is 394. The summed E-state index contributed by atoms with van der Waals surface area (Å²) in [7, 11) is 0. The van der Waals surface area contributed by atoms with Gasteiger partial charge in [-0.2, -0.15) is 0 Å². The maximum atomic E-state index is 11.6. The maximum absolute atomic E-state index is 11.6. The molecule has 3 heteroatoms. The first-order chi connectivity index (χ1) is 7.96. The Morgan fingerprint density at radius 2 is 1.94 bits per heavy atom. The van der Waals surface area contributed by atoms with Crippen LogP contribution in [0.2, 0.25) is 0 Å². The van der Waals surface area contributed by atoms with Gasteiger partial charge in [0, 0.05) is 12.0 Å². The molecule has 0 aliphatic heterocycles. The summed E-state index contributed by atoms with van der Waals surface area (Å²) in [5.74, 6) is 0.448. The van der Waals surface area contributed by atoms with E-state index >= 15 is 0 Å². The molecule has 0 spiro atoms. The minimum Gasteiger partial charge on any atom is -0.444 e. The van der Waals surface area contributed by atoms with Gasteiger partial charge in [-0.05, 0) is 32.8 Å². The summed E-state index contributed by atoms with van der Waals surface area (Å²) in [5, 5.41) is 2.90. The normalized spacial score (nSPS) is 23.0. The van der Waals surface area contributed by atoms with Gasteiger partial charge in [0.15, 0.2) is 0 Å². The van der Waals surface area contributed by atoms with E-state index in [4.69, 9.17) is 4.74 Å². The van der Waals surface area contributed by atoms with E-state index < -0.39 is 5.60 Å². The molecule has 1 aliphatic rings. The van der Waals surface area contributed by atoms with Crippen molar-refractivity contribution >= 4 is 6.09 Å². The highest BCUT2D eigenvalue weighted by Gasteiger charge is 2.40. The number of carbonyl (C=O) groups is 1. The Labute approximate surface area is 102 Å². The van der Waals surface area contributed by atoms with Gasteiger partial charge in [0.05, 0.1) is 0 Å². The summed E-state index contributed by atoms with van der Waals surface area (Å²) < 4.78 is 5.22. The van der Waals surface area contributed by atoms with Gasteiger partial charge in [0.25, 0.3) is 0 Å². The standard InChI is InChI=1S/C14H19NO2/c1-14(2,3)17-13(16)15-12-9-11(12)10-7-5-4-6-8-10/h4-8,11-12H,9H2,1-3H3,(H,15,16)/t11-,12+/m0/s1. The molecule has 1 saturated carbocycles. The molecule has 0 heterocycles. The third kappa shape index (κ3) is 3.48. The molecule has 0 radical (unpaired) electrons. The van der Waals surface area contributed by atoms with Crippen LogP contribution in [0.25, 0.3) is 0 Å². The molecule has 3 nitrogen and oxygen atoms in total. The van der Waals surface area contributed by atoms with Crippen molar-refractivity contribution in [3.63, 3.8) is 0 Å². The number of hydrogen-bond acceptors (Lipinski definition) is 2. The van der Waals surface area contributed by atoms with Crippen LogP contribution in [0.5, 0.6) is 0 Å². The van der Waals surface area contributed by atoms with Crippen molar-refractivity contribution < 1.29 is 9.53 Å². The Hall–Kier alpha value is -1.51. The van der Waals surface area contributed by atoms with Crippen molar-refractivity contribution in [2.75, 3.05) is 0 Å². The molecule has 1 amide bonds. The van der Waals surface area contributed by atoms with Gasteiger partial charge in [-0.15, -0.1) is 0 Å². The highest BCUT2D eigenvalue weighted by atomic mass is 16.6. The topological polar surface area (TPSA) is 38.3 Å². The Kier molecular flexibility index (Phi) is 3.09. The second-order valence-electron chi connectivity index (χ2n) is 5.51. The van der Waals surface area contributed by atoms with E-state index in [-0.39, 0.29) is 12.1 Å². The van der Waals surface area contributed by atoms with Crippen LogP contribution in [0.3, 0.4) is 0 Å². The predicted molar refractivity (Wildman–Crippen MR) is 67.0 cm³/mol. The van der Waals surface area contributed by atoms with Crippen LogP contribution in [0.15, 0.2) is 30.3 Å². The summed E-state index contributed by atoms with van der Waals surface area (Å²) in [5.41, 5.74) is 0.856. The largest absolute Gasteiger partial charge is 0.444 e. The molecule has 0 saturated heterocycles. The second kappa shape index (κ2) is 4.40. The van der Waals surface area contributed by atoms with E-state index in [0.717, 1.165) is 6.42 Å². The van der Waals surface area contributed by atoms with Crippen LogP contribution in [0.4, 0.5) is 4.79 Å². The highest BCUT2D eigenvalue weighted by Crippen LogP contribution is 2.40. The van der Waals surface area contributed by atoms with Crippen molar-refractivity contribution in [3.8, 4) is 0 Å². The summed E-state index contributed by atoms with van der Waals surface area (Å²) in [6.45, 7) is 5.61. The number of rotatable bonds is 2. The van der Waals surface area contributed by atoms with Crippen molar-refractivity contribution in [1.82, 2.24) is 5.32 Å². The molecule has 0 bridgehead atoms. The number of hydrogen-bond donors (Lipinski definition) is 1. The molecular formula is C14H19NO2. The van der Waals surface area contributed by atoms with E-state index in [1.165, 1.54) is 5.56 Å². The van der Waals surface area contributed by atoms with Crippen LogP contribution < -0.4 is 5.32 Å². The van der Waals surface area contributed by atoms with E-state index in [1.807, 2.05) is 39.0 Å². The van der Waals surface area contributed by atoms with Crippen molar-refractivity contribution in [1.29, 1.82) is 0 Å². The first kappa shape index (κ1) is 12.0. The summed E-state index contributed by atoms with van der Waals surface area (Å²) in [6.07, 6.45) is 0.685. The minimum absolute atomic E-state index is 0.229. The second-order valence-corrected chi connectivity index (χ2v) is 5.51. The van der Waals surface area contributed by atoms with Gasteiger partial charge in [-0.25, -0.2) is 4.79 Å². The van der Waals surface area contributed by atoms with Crippen molar-refractivity contribution in [2.45, 2.75) is 44.8 Å². The van der Waals surface area contributed by atoms with Crippen LogP contribution in [0, 0.1) is 0 Å². The molecule has 0 unspecified atom stereocenters. The molecule has 1 fully saturated rings. The van der Waals surface area contributed by atoms with Gasteiger partial charge < -0.3 is 10.1 Å². The zero-order valence-electron chi connectivity index (χ0n) is 10.6. The van der Waals surface area contributed by atoms with Crippen molar-refractivity contribution in [3.05, 3.63) is 35.9 Å². The molecule has 2 rings (SSSR count). The van der Waals surface area contributed by atoms with E-state index in [2.05, 4.69) is 17.4 Å². The quantitative estimate of drug-likeness (QED) is 0.852. The van der Waals surface area contributed by atoms with Crippen LogP contribution in [0.1, 0.15) is 38.7 Å². The predicted octanol–water partition coefficient (Wildman–Crippen LogP) is 3.07. The number of alkyl carbamates (subject to hydrolysis) is 1. The van der Waals surface area contributed by atoms with Gasteiger partial charge in [-0.1, -0.05) is 30.3 Å². The Morgan fingerprint density at radius 3 is 2.53 bits per heavy atom. The zero-order chi connectivity index (χ0) is 12.5. The molecule has 1 aliphatic carbocycles. The first-order valence-corrected chi connectivity index (χ1v) is 6.00. The molecule has 92 valence electrons. The van der Waals surface area contributed by atoms with E-state index in [9.17, 15) is 4.79 Å². The summed E-state index contributed by atoms with van der Waals surface area (Å²) in [6, 6.07) is 10.5. The number of carbonyl (C=O) groups excluding carboxylic acids is 1. The van der Waals surface area contributed by atoms with Crippen LogP contribution >= 0.6 is 0 Å². The molecule has 1 aromatic carbocycles. The fourth-order valence-corrected chi connectivity index (χ4v) is 1.88. The average molecular weight is 233 g/mol. The smallest absolute Gasteiger partial charge is 0.407 e. The zero-order valence-corrected chi connectivity index (χ0v) is 10.6. The van der Waals surface area contributed by atoms with Crippen molar-refractivity contribution in [2.24, 2.45) is 0 Å². The average Bonchev–Trinajstić information content (AvgIpc) is 2.95. The number of amides is 1. The first-order valence-electron chi connectivity index (χ1n) is 6.00.